The number of halogens is 1. The van der Waals surface area contributed by atoms with Crippen LogP contribution in [0, 0.1) is 0 Å². The number of nitrogens with zero attached hydrogens (tertiary/aromatic N) is 3. The largest absolute Gasteiger partial charge is 0.496 e. The van der Waals surface area contributed by atoms with Crippen LogP contribution in [0.4, 0.5) is 0 Å². The van der Waals surface area contributed by atoms with Crippen molar-refractivity contribution in [2.24, 2.45) is 0 Å². The first-order chi connectivity index (χ1) is 11.7. The number of carbonyl (C=O) groups is 1. The second-order valence-corrected chi connectivity index (χ2v) is 5.46. The van der Waals surface area contributed by atoms with Gasteiger partial charge in [0.15, 0.2) is 5.69 Å². The molecule has 0 unspecified atom stereocenters. The van der Waals surface area contributed by atoms with Gasteiger partial charge in [-0.05, 0) is 30.3 Å². The van der Waals surface area contributed by atoms with Gasteiger partial charge in [-0.3, -0.25) is 4.79 Å². The van der Waals surface area contributed by atoms with Crippen LogP contribution >= 0.6 is 11.6 Å². The molecular weight excluding hydrogens is 328 g/mol. The molecular formula is C17H15ClN4O2. The normalized spacial score (nSPS) is 10.4. The van der Waals surface area contributed by atoms with E-state index in [1.807, 2.05) is 24.3 Å². The summed E-state index contributed by atoms with van der Waals surface area (Å²) in [6.07, 6.45) is 1.57. The number of amides is 1. The van der Waals surface area contributed by atoms with Crippen LogP contribution in [0.5, 0.6) is 5.75 Å². The van der Waals surface area contributed by atoms with Gasteiger partial charge in [-0.25, -0.2) is 4.68 Å². The number of aromatic nitrogens is 3. The van der Waals surface area contributed by atoms with Crippen molar-refractivity contribution < 1.29 is 9.53 Å². The number of ether oxygens (including phenoxy) is 1. The van der Waals surface area contributed by atoms with Gasteiger partial charge in [0.25, 0.3) is 5.91 Å². The molecule has 1 N–H and O–H groups in total. The van der Waals surface area contributed by atoms with Crippen LogP contribution in [-0.4, -0.2) is 28.0 Å². The highest BCUT2D eigenvalue weighted by Gasteiger charge is 2.12. The van der Waals surface area contributed by atoms with Crippen LogP contribution in [-0.2, 0) is 6.54 Å². The average Bonchev–Trinajstić information content (AvgIpc) is 3.10. The number of methoxy groups -OCH3 is 1. The predicted octanol–water partition coefficient (Wildman–Crippen LogP) is 2.86. The third-order valence-electron chi connectivity index (χ3n) is 3.45. The summed E-state index contributed by atoms with van der Waals surface area (Å²) in [6, 6.07) is 14.6. The monoisotopic (exact) mass is 342 g/mol. The lowest BCUT2D eigenvalue weighted by Crippen LogP contribution is -2.23. The van der Waals surface area contributed by atoms with Crippen molar-refractivity contribution in [2.75, 3.05) is 7.11 Å². The van der Waals surface area contributed by atoms with E-state index >= 15 is 0 Å². The minimum atomic E-state index is -0.305. The van der Waals surface area contributed by atoms with E-state index in [4.69, 9.17) is 16.3 Å². The molecule has 0 saturated heterocycles. The van der Waals surface area contributed by atoms with Crippen molar-refractivity contribution in [3.63, 3.8) is 0 Å². The van der Waals surface area contributed by atoms with E-state index in [1.165, 1.54) is 4.68 Å². The number of carbonyl (C=O) groups excluding carboxylic acids is 1. The molecule has 1 aromatic heterocycles. The smallest absolute Gasteiger partial charge is 0.273 e. The van der Waals surface area contributed by atoms with Gasteiger partial charge in [0, 0.05) is 17.1 Å². The van der Waals surface area contributed by atoms with Crippen LogP contribution in [0.2, 0.25) is 5.02 Å². The van der Waals surface area contributed by atoms with E-state index in [0.29, 0.717) is 11.6 Å². The topological polar surface area (TPSA) is 69.0 Å². The first-order valence-corrected chi connectivity index (χ1v) is 7.63. The quantitative estimate of drug-likeness (QED) is 0.774. The summed E-state index contributed by atoms with van der Waals surface area (Å²) in [7, 11) is 1.60. The molecule has 2 aromatic carbocycles. The van der Waals surface area contributed by atoms with Crippen LogP contribution in [0.15, 0.2) is 54.7 Å². The summed E-state index contributed by atoms with van der Waals surface area (Å²) in [5, 5.41) is 11.3. The van der Waals surface area contributed by atoms with Gasteiger partial charge in [-0.15, -0.1) is 5.10 Å². The highest BCUT2D eigenvalue weighted by atomic mass is 35.5. The van der Waals surface area contributed by atoms with Crippen molar-refractivity contribution in [3.05, 3.63) is 71.0 Å². The zero-order valence-electron chi connectivity index (χ0n) is 12.9. The van der Waals surface area contributed by atoms with Crippen LogP contribution in [0.3, 0.4) is 0 Å². The second kappa shape index (κ2) is 7.14. The summed E-state index contributed by atoms with van der Waals surface area (Å²) in [6.45, 7) is 0.344. The molecule has 6 nitrogen and oxygen atoms in total. The van der Waals surface area contributed by atoms with Crippen molar-refractivity contribution in [2.45, 2.75) is 6.54 Å². The molecule has 0 aliphatic carbocycles. The van der Waals surface area contributed by atoms with E-state index in [0.717, 1.165) is 17.0 Å². The van der Waals surface area contributed by atoms with Crippen molar-refractivity contribution in [1.29, 1.82) is 0 Å². The van der Waals surface area contributed by atoms with Gasteiger partial charge in [0.05, 0.1) is 19.0 Å². The van der Waals surface area contributed by atoms with Gasteiger partial charge in [0.2, 0.25) is 0 Å². The maximum absolute atomic E-state index is 12.2. The first kappa shape index (κ1) is 16.0. The Labute approximate surface area is 144 Å². The molecule has 7 heteroatoms. The Morgan fingerprint density at radius 1 is 1.21 bits per heavy atom. The van der Waals surface area contributed by atoms with Crippen molar-refractivity contribution in [3.8, 4) is 11.4 Å². The molecule has 24 heavy (non-hydrogen) atoms. The molecule has 3 aromatic rings. The lowest BCUT2D eigenvalue weighted by molar-refractivity contribution is 0.0945. The lowest BCUT2D eigenvalue weighted by Gasteiger charge is -2.08. The fourth-order valence-electron chi connectivity index (χ4n) is 2.20. The summed E-state index contributed by atoms with van der Waals surface area (Å²) in [5.41, 5.74) is 1.90. The number of rotatable bonds is 5. The summed E-state index contributed by atoms with van der Waals surface area (Å²) >= 11 is 5.86. The minimum Gasteiger partial charge on any atom is -0.496 e. The van der Waals surface area contributed by atoms with E-state index in [1.54, 1.807) is 37.6 Å². The minimum absolute atomic E-state index is 0.236. The Balaban J connectivity index is 1.69. The summed E-state index contributed by atoms with van der Waals surface area (Å²) in [5.74, 6) is 0.420. The molecule has 3 rings (SSSR count). The maximum atomic E-state index is 12.2. The third-order valence-corrected chi connectivity index (χ3v) is 3.70. The molecule has 0 bridgehead atoms. The maximum Gasteiger partial charge on any atom is 0.273 e. The Morgan fingerprint density at radius 3 is 2.71 bits per heavy atom. The van der Waals surface area contributed by atoms with Gasteiger partial charge < -0.3 is 10.1 Å². The Morgan fingerprint density at radius 2 is 1.96 bits per heavy atom. The molecule has 1 amide bonds. The first-order valence-electron chi connectivity index (χ1n) is 7.26. The number of para-hydroxylation sites is 1. The number of benzene rings is 2. The molecule has 0 atom stereocenters. The number of hydrogen-bond donors (Lipinski definition) is 1. The average molecular weight is 343 g/mol. The Hall–Kier alpha value is -2.86. The summed E-state index contributed by atoms with van der Waals surface area (Å²) in [4.78, 5) is 12.2. The fourth-order valence-corrected chi connectivity index (χ4v) is 2.33. The highest BCUT2D eigenvalue weighted by Crippen LogP contribution is 2.17. The lowest BCUT2D eigenvalue weighted by atomic mass is 10.2. The fraction of sp³-hybridized carbons (Fsp3) is 0.118. The molecule has 0 aliphatic rings. The number of hydrogen-bond acceptors (Lipinski definition) is 4. The molecule has 0 fully saturated rings. The zero-order valence-corrected chi connectivity index (χ0v) is 13.7. The highest BCUT2D eigenvalue weighted by molar-refractivity contribution is 6.30. The van der Waals surface area contributed by atoms with Gasteiger partial charge in [0.1, 0.15) is 5.75 Å². The van der Waals surface area contributed by atoms with Crippen molar-refractivity contribution in [1.82, 2.24) is 20.3 Å². The van der Waals surface area contributed by atoms with Crippen molar-refractivity contribution >= 4 is 17.5 Å². The Bertz CT molecular complexity index is 846. The van der Waals surface area contributed by atoms with E-state index in [9.17, 15) is 4.79 Å². The van der Waals surface area contributed by atoms with Crippen LogP contribution in [0.25, 0.3) is 5.69 Å². The van der Waals surface area contributed by atoms with Crippen LogP contribution < -0.4 is 10.1 Å². The zero-order chi connectivity index (χ0) is 16.9. The number of nitrogens with one attached hydrogen (secondary N) is 1. The van der Waals surface area contributed by atoms with Crippen LogP contribution in [0.1, 0.15) is 16.1 Å². The molecule has 122 valence electrons. The molecule has 0 spiro atoms. The standard InChI is InChI=1S/C17H15ClN4O2/c1-24-16-5-3-2-4-12(16)10-19-17(23)15-11-22(21-20-15)14-8-6-13(18)7-9-14/h2-9,11H,10H2,1H3,(H,19,23). The van der Waals surface area contributed by atoms with Gasteiger partial charge >= 0.3 is 0 Å². The summed E-state index contributed by atoms with van der Waals surface area (Å²) < 4.78 is 6.78. The second-order valence-electron chi connectivity index (χ2n) is 5.02. The molecule has 0 radical (unpaired) electrons. The van der Waals surface area contributed by atoms with Gasteiger partial charge in [-0.2, -0.15) is 0 Å². The predicted molar refractivity (Wildman–Crippen MR) is 90.5 cm³/mol. The molecule has 0 aliphatic heterocycles. The van der Waals surface area contributed by atoms with E-state index in [-0.39, 0.29) is 11.6 Å². The molecule has 0 saturated carbocycles. The Kier molecular flexibility index (Phi) is 4.77. The van der Waals surface area contributed by atoms with Gasteiger partial charge in [-0.1, -0.05) is 35.0 Å². The molecule has 1 heterocycles. The SMILES string of the molecule is COc1ccccc1CNC(=O)c1cn(-c2ccc(Cl)cc2)nn1. The third kappa shape index (κ3) is 3.55. The van der Waals surface area contributed by atoms with E-state index in [2.05, 4.69) is 15.6 Å². The van der Waals surface area contributed by atoms with E-state index < -0.39 is 0 Å².